The average Bonchev–Trinajstić information content (AvgIpc) is 2.31. The van der Waals surface area contributed by atoms with Crippen molar-refractivity contribution in [2.45, 2.75) is 32.5 Å². The summed E-state index contributed by atoms with van der Waals surface area (Å²) in [6.07, 6.45) is -0.0116. The first-order valence-corrected chi connectivity index (χ1v) is 4.04. The topological polar surface area (TPSA) is 49.7 Å². The molecule has 1 aliphatic rings. The molecule has 3 nitrogen and oxygen atoms in total. The predicted molar refractivity (Wildman–Crippen MR) is 41.2 cm³/mol. The van der Waals surface area contributed by atoms with Gasteiger partial charge < -0.3 is 14.9 Å². The van der Waals surface area contributed by atoms with Crippen LogP contribution < -0.4 is 0 Å². The SMILES string of the molecule is CCC1(C)COC(CO)C1O. The Morgan fingerprint density at radius 3 is 2.55 bits per heavy atom. The Balaban J connectivity index is 2.61. The summed E-state index contributed by atoms with van der Waals surface area (Å²) in [5.74, 6) is 0. The summed E-state index contributed by atoms with van der Waals surface area (Å²) < 4.78 is 5.22. The van der Waals surface area contributed by atoms with Gasteiger partial charge in [-0.25, -0.2) is 0 Å². The highest BCUT2D eigenvalue weighted by atomic mass is 16.5. The summed E-state index contributed by atoms with van der Waals surface area (Å²) in [6.45, 7) is 4.46. The van der Waals surface area contributed by atoms with Gasteiger partial charge in [0.25, 0.3) is 0 Å². The van der Waals surface area contributed by atoms with Gasteiger partial charge in [0.1, 0.15) is 6.10 Å². The van der Waals surface area contributed by atoms with Crippen molar-refractivity contribution in [3.63, 3.8) is 0 Å². The maximum atomic E-state index is 9.62. The lowest BCUT2D eigenvalue weighted by atomic mass is 9.82. The lowest BCUT2D eigenvalue weighted by molar-refractivity contribution is -0.00468. The van der Waals surface area contributed by atoms with Crippen molar-refractivity contribution in [1.82, 2.24) is 0 Å². The Morgan fingerprint density at radius 1 is 1.64 bits per heavy atom. The van der Waals surface area contributed by atoms with Crippen LogP contribution in [0.1, 0.15) is 20.3 Å². The van der Waals surface area contributed by atoms with Crippen molar-refractivity contribution in [2.24, 2.45) is 5.41 Å². The molecule has 1 rings (SSSR count). The third-order valence-electron chi connectivity index (χ3n) is 2.68. The van der Waals surface area contributed by atoms with Crippen molar-refractivity contribution in [1.29, 1.82) is 0 Å². The fourth-order valence-electron chi connectivity index (χ4n) is 1.39. The zero-order chi connectivity index (χ0) is 8.48. The zero-order valence-corrected chi connectivity index (χ0v) is 7.08. The first kappa shape index (κ1) is 8.97. The first-order valence-electron chi connectivity index (χ1n) is 4.04. The molecule has 1 fully saturated rings. The number of hydrogen-bond donors (Lipinski definition) is 2. The lowest BCUT2D eigenvalue weighted by Crippen LogP contribution is -2.35. The molecule has 0 bridgehead atoms. The molecule has 1 aliphatic heterocycles. The largest absolute Gasteiger partial charge is 0.394 e. The fraction of sp³-hybridized carbons (Fsp3) is 1.00. The Bertz CT molecular complexity index is 137. The van der Waals surface area contributed by atoms with E-state index in [2.05, 4.69) is 0 Å². The van der Waals surface area contributed by atoms with Crippen molar-refractivity contribution in [3.8, 4) is 0 Å². The highest BCUT2D eigenvalue weighted by molar-refractivity contribution is 4.91. The number of aliphatic hydroxyl groups is 2. The molecule has 0 aromatic carbocycles. The molecule has 0 aromatic rings. The molecule has 11 heavy (non-hydrogen) atoms. The van der Waals surface area contributed by atoms with E-state index in [-0.39, 0.29) is 18.1 Å². The average molecular weight is 160 g/mol. The van der Waals surface area contributed by atoms with Crippen LogP contribution in [0, 0.1) is 5.41 Å². The van der Waals surface area contributed by atoms with E-state index in [0.717, 1.165) is 6.42 Å². The van der Waals surface area contributed by atoms with Crippen LogP contribution in [0.2, 0.25) is 0 Å². The molecule has 0 spiro atoms. The van der Waals surface area contributed by atoms with Gasteiger partial charge in [0.15, 0.2) is 0 Å². The van der Waals surface area contributed by atoms with E-state index in [9.17, 15) is 5.11 Å². The summed E-state index contributed by atoms with van der Waals surface area (Å²) in [4.78, 5) is 0. The monoisotopic (exact) mass is 160 g/mol. The molecule has 2 N–H and O–H groups in total. The quantitative estimate of drug-likeness (QED) is 0.604. The Morgan fingerprint density at radius 2 is 2.27 bits per heavy atom. The normalized spacial score (nSPS) is 44.7. The maximum absolute atomic E-state index is 9.62. The van der Waals surface area contributed by atoms with E-state index < -0.39 is 6.10 Å². The molecule has 0 aromatic heterocycles. The molecular formula is C8H16O3. The standard InChI is InChI=1S/C8H16O3/c1-3-8(2)5-11-6(4-9)7(8)10/h6-7,9-10H,3-5H2,1-2H3. The van der Waals surface area contributed by atoms with Crippen molar-refractivity contribution < 1.29 is 14.9 Å². The van der Waals surface area contributed by atoms with Crippen molar-refractivity contribution >= 4 is 0 Å². The van der Waals surface area contributed by atoms with Gasteiger partial charge in [0.05, 0.1) is 19.3 Å². The molecule has 0 aliphatic carbocycles. The van der Waals surface area contributed by atoms with Crippen LogP contribution in [0.5, 0.6) is 0 Å². The van der Waals surface area contributed by atoms with Crippen LogP contribution in [0.3, 0.4) is 0 Å². The molecular weight excluding hydrogens is 144 g/mol. The highest BCUT2D eigenvalue weighted by Crippen LogP contribution is 2.35. The number of rotatable bonds is 2. The molecule has 0 saturated carbocycles. The van der Waals surface area contributed by atoms with Crippen LogP contribution in [0.25, 0.3) is 0 Å². The Kier molecular flexibility index (Phi) is 2.52. The van der Waals surface area contributed by atoms with E-state index in [4.69, 9.17) is 9.84 Å². The highest BCUT2D eigenvalue weighted by Gasteiger charge is 2.43. The first-order chi connectivity index (χ1) is 5.14. The van der Waals surface area contributed by atoms with Crippen LogP contribution in [0.15, 0.2) is 0 Å². The maximum Gasteiger partial charge on any atom is 0.107 e. The Labute approximate surface area is 67.0 Å². The summed E-state index contributed by atoms with van der Waals surface area (Å²) in [7, 11) is 0. The zero-order valence-electron chi connectivity index (χ0n) is 7.08. The second kappa shape index (κ2) is 3.09. The third kappa shape index (κ3) is 1.41. The molecule has 3 unspecified atom stereocenters. The van der Waals surface area contributed by atoms with Gasteiger partial charge in [-0.05, 0) is 6.42 Å². The molecule has 3 atom stereocenters. The fourth-order valence-corrected chi connectivity index (χ4v) is 1.39. The van der Waals surface area contributed by atoms with E-state index in [1.165, 1.54) is 0 Å². The Hall–Kier alpha value is -0.120. The minimum absolute atomic E-state index is 0.0866. The van der Waals surface area contributed by atoms with E-state index in [0.29, 0.717) is 6.61 Å². The molecule has 0 radical (unpaired) electrons. The van der Waals surface area contributed by atoms with Crippen LogP contribution >= 0.6 is 0 Å². The third-order valence-corrected chi connectivity index (χ3v) is 2.68. The molecule has 66 valence electrons. The van der Waals surface area contributed by atoms with Crippen LogP contribution in [-0.4, -0.2) is 35.6 Å². The number of hydrogen-bond acceptors (Lipinski definition) is 3. The second-order valence-corrected chi connectivity index (χ2v) is 3.48. The molecule has 0 amide bonds. The lowest BCUT2D eigenvalue weighted by Gasteiger charge is -2.25. The summed E-state index contributed by atoms with van der Waals surface area (Å²) in [6, 6.07) is 0. The van der Waals surface area contributed by atoms with Gasteiger partial charge in [-0.15, -0.1) is 0 Å². The number of ether oxygens (including phenoxy) is 1. The van der Waals surface area contributed by atoms with Crippen molar-refractivity contribution in [2.75, 3.05) is 13.2 Å². The summed E-state index contributed by atoms with van der Waals surface area (Å²) in [5.41, 5.74) is -0.159. The predicted octanol–water partition coefficient (Wildman–Crippen LogP) is 0.155. The molecule has 1 heterocycles. The van der Waals surface area contributed by atoms with E-state index in [1.807, 2.05) is 13.8 Å². The summed E-state index contributed by atoms with van der Waals surface area (Å²) in [5, 5.41) is 18.4. The van der Waals surface area contributed by atoms with E-state index in [1.54, 1.807) is 0 Å². The van der Waals surface area contributed by atoms with Crippen LogP contribution in [0.4, 0.5) is 0 Å². The smallest absolute Gasteiger partial charge is 0.107 e. The molecule has 3 heteroatoms. The minimum atomic E-state index is -0.516. The number of aliphatic hydroxyl groups excluding tert-OH is 2. The van der Waals surface area contributed by atoms with Gasteiger partial charge >= 0.3 is 0 Å². The minimum Gasteiger partial charge on any atom is -0.394 e. The van der Waals surface area contributed by atoms with Gasteiger partial charge in [0, 0.05) is 5.41 Å². The van der Waals surface area contributed by atoms with Gasteiger partial charge in [-0.1, -0.05) is 13.8 Å². The van der Waals surface area contributed by atoms with E-state index >= 15 is 0 Å². The van der Waals surface area contributed by atoms with Gasteiger partial charge in [-0.3, -0.25) is 0 Å². The van der Waals surface area contributed by atoms with Gasteiger partial charge in [-0.2, -0.15) is 0 Å². The van der Waals surface area contributed by atoms with Crippen LogP contribution in [-0.2, 0) is 4.74 Å². The van der Waals surface area contributed by atoms with Gasteiger partial charge in [0.2, 0.25) is 0 Å². The summed E-state index contributed by atoms with van der Waals surface area (Å²) >= 11 is 0. The second-order valence-electron chi connectivity index (χ2n) is 3.48. The molecule has 1 saturated heterocycles. The van der Waals surface area contributed by atoms with Crippen molar-refractivity contribution in [3.05, 3.63) is 0 Å².